The Labute approximate surface area is 154 Å². The van der Waals surface area contributed by atoms with Crippen LogP contribution in [0, 0.1) is 0 Å². The van der Waals surface area contributed by atoms with Crippen LogP contribution in [0.25, 0.3) is 6.08 Å². The number of anilines is 1. The third kappa shape index (κ3) is 5.89. The van der Waals surface area contributed by atoms with Crippen molar-refractivity contribution in [2.24, 2.45) is 0 Å². The number of hydrogen-bond acceptors (Lipinski definition) is 3. The second-order valence-electron chi connectivity index (χ2n) is 4.67. The molecule has 2 aromatic rings. The largest absolute Gasteiger partial charge is 0.452 e. The molecule has 0 saturated carbocycles. The summed E-state index contributed by atoms with van der Waals surface area (Å²) in [5, 5.41) is 3.97. The van der Waals surface area contributed by atoms with Gasteiger partial charge in [-0.3, -0.25) is 4.79 Å². The van der Waals surface area contributed by atoms with Crippen molar-refractivity contribution >= 4 is 58.4 Å². The summed E-state index contributed by atoms with van der Waals surface area (Å²) in [6, 6.07) is 11.5. The summed E-state index contributed by atoms with van der Waals surface area (Å²) in [7, 11) is 0. The minimum Gasteiger partial charge on any atom is -0.452 e. The van der Waals surface area contributed by atoms with Crippen LogP contribution in [0.1, 0.15) is 5.56 Å². The lowest BCUT2D eigenvalue weighted by Gasteiger charge is -2.05. The first-order valence-corrected chi connectivity index (χ1v) is 7.93. The van der Waals surface area contributed by atoms with Crippen LogP contribution in [0.4, 0.5) is 5.69 Å². The van der Waals surface area contributed by atoms with Crippen molar-refractivity contribution in [3.8, 4) is 0 Å². The van der Waals surface area contributed by atoms with E-state index in [1.165, 1.54) is 12.2 Å². The maximum absolute atomic E-state index is 11.7. The molecule has 1 amide bonds. The molecule has 0 fully saturated rings. The molecule has 2 rings (SSSR count). The summed E-state index contributed by atoms with van der Waals surface area (Å²) >= 11 is 17.6. The summed E-state index contributed by atoms with van der Waals surface area (Å²) in [6.45, 7) is -0.413. The molecule has 24 heavy (non-hydrogen) atoms. The van der Waals surface area contributed by atoms with Gasteiger partial charge in [-0.1, -0.05) is 46.9 Å². The van der Waals surface area contributed by atoms with Gasteiger partial charge in [-0.25, -0.2) is 4.79 Å². The molecule has 0 aromatic heterocycles. The molecule has 0 atom stereocenters. The lowest BCUT2D eigenvalue weighted by atomic mass is 10.2. The molecule has 4 nitrogen and oxygen atoms in total. The van der Waals surface area contributed by atoms with Crippen LogP contribution in [0.15, 0.2) is 48.5 Å². The van der Waals surface area contributed by atoms with Crippen LogP contribution in [-0.2, 0) is 14.3 Å². The smallest absolute Gasteiger partial charge is 0.331 e. The Hall–Kier alpha value is -2.01. The van der Waals surface area contributed by atoms with Gasteiger partial charge in [-0.2, -0.15) is 0 Å². The lowest BCUT2D eigenvalue weighted by Crippen LogP contribution is -2.20. The molecule has 7 heteroatoms. The van der Waals surface area contributed by atoms with Gasteiger partial charge in [0.1, 0.15) is 0 Å². The monoisotopic (exact) mass is 383 g/mol. The summed E-state index contributed by atoms with van der Waals surface area (Å²) in [4.78, 5) is 23.3. The Morgan fingerprint density at radius 2 is 1.79 bits per heavy atom. The normalized spacial score (nSPS) is 10.6. The minimum absolute atomic E-state index is 0.408. The van der Waals surface area contributed by atoms with Gasteiger partial charge < -0.3 is 10.1 Å². The number of benzene rings is 2. The molecule has 0 unspecified atom stereocenters. The zero-order valence-corrected chi connectivity index (χ0v) is 14.5. The van der Waals surface area contributed by atoms with Gasteiger partial charge in [0.25, 0.3) is 5.91 Å². The molecule has 0 radical (unpaired) electrons. The Kier molecular flexibility index (Phi) is 6.67. The summed E-state index contributed by atoms with van der Waals surface area (Å²) in [6.07, 6.45) is 2.66. The molecular formula is C17H12Cl3NO3. The van der Waals surface area contributed by atoms with E-state index in [1.54, 1.807) is 42.5 Å². The highest BCUT2D eigenvalue weighted by Crippen LogP contribution is 2.22. The number of rotatable bonds is 5. The van der Waals surface area contributed by atoms with E-state index in [2.05, 4.69) is 5.32 Å². The van der Waals surface area contributed by atoms with E-state index >= 15 is 0 Å². The number of hydrogen-bond donors (Lipinski definition) is 1. The van der Waals surface area contributed by atoms with Gasteiger partial charge in [0.15, 0.2) is 6.61 Å². The predicted octanol–water partition coefficient (Wildman–Crippen LogP) is 4.84. The first-order valence-electron chi connectivity index (χ1n) is 6.79. The van der Waals surface area contributed by atoms with E-state index in [0.29, 0.717) is 26.3 Å². The Morgan fingerprint density at radius 1 is 1.04 bits per heavy atom. The van der Waals surface area contributed by atoms with Crippen molar-refractivity contribution in [1.82, 2.24) is 0 Å². The van der Waals surface area contributed by atoms with Crippen LogP contribution in [0.3, 0.4) is 0 Å². The summed E-state index contributed by atoms with van der Waals surface area (Å²) in [5.74, 6) is -1.13. The first kappa shape index (κ1) is 18.3. The van der Waals surface area contributed by atoms with Crippen LogP contribution in [0.2, 0.25) is 15.1 Å². The fourth-order valence-electron chi connectivity index (χ4n) is 1.74. The predicted molar refractivity (Wildman–Crippen MR) is 96.5 cm³/mol. The van der Waals surface area contributed by atoms with Crippen LogP contribution >= 0.6 is 34.8 Å². The van der Waals surface area contributed by atoms with E-state index in [1.807, 2.05) is 0 Å². The number of ether oxygens (including phenoxy) is 1. The standard InChI is InChI=1S/C17H12Cl3NO3/c18-12-2-1-3-14(8-12)21-16(22)10-24-17(23)7-5-11-4-6-13(19)9-15(11)20/h1-9H,10H2,(H,21,22)/b7-5+. The van der Waals surface area contributed by atoms with E-state index in [4.69, 9.17) is 39.5 Å². The highest BCUT2D eigenvalue weighted by atomic mass is 35.5. The van der Waals surface area contributed by atoms with Crippen molar-refractivity contribution in [3.63, 3.8) is 0 Å². The zero-order valence-electron chi connectivity index (χ0n) is 12.3. The van der Waals surface area contributed by atoms with Crippen molar-refractivity contribution < 1.29 is 14.3 Å². The SMILES string of the molecule is O=C(COC(=O)/C=C/c1ccc(Cl)cc1Cl)Nc1cccc(Cl)c1. The molecule has 0 saturated heterocycles. The van der Waals surface area contributed by atoms with Gasteiger partial charge in [0, 0.05) is 26.8 Å². The number of carbonyl (C=O) groups is 2. The molecule has 0 aliphatic heterocycles. The topological polar surface area (TPSA) is 55.4 Å². The van der Waals surface area contributed by atoms with Gasteiger partial charge in [-0.15, -0.1) is 0 Å². The molecule has 0 bridgehead atoms. The molecule has 0 aliphatic rings. The molecule has 0 aliphatic carbocycles. The lowest BCUT2D eigenvalue weighted by molar-refractivity contribution is -0.142. The van der Waals surface area contributed by atoms with Gasteiger partial charge in [0.2, 0.25) is 0 Å². The van der Waals surface area contributed by atoms with E-state index < -0.39 is 18.5 Å². The Balaban J connectivity index is 1.84. The van der Waals surface area contributed by atoms with Crippen LogP contribution in [0.5, 0.6) is 0 Å². The molecule has 124 valence electrons. The highest BCUT2D eigenvalue weighted by Gasteiger charge is 2.06. The average molecular weight is 385 g/mol. The average Bonchev–Trinajstić information content (AvgIpc) is 2.52. The maximum Gasteiger partial charge on any atom is 0.331 e. The van der Waals surface area contributed by atoms with Crippen molar-refractivity contribution in [3.05, 3.63) is 69.2 Å². The van der Waals surface area contributed by atoms with Gasteiger partial charge in [0.05, 0.1) is 0 Å². The van der Waals surface area contributed by atoms with Crippen LogP contribution in [-0.4, -0.2) is 18.5 Å². The van der Waals surface area contributed by atoms with Crippen molar-refractivity contribution in [2.45, 2.75) is 0 Å². The van der Waals surface area contributed by atoms with E-state index in [-0.39, 0.29) is 0 Å². The minimum atomic E-state index is -0.665. The van der Waals surface area contributed by atoms with Gasteiger partial charge >= 0.3 is 5.97 Å². The quantitative estimate of drug-likeness (QED) is 0.592. The third-order valence-corrected chi connectivity index (χ3v) is 3.61. The maximum atomic E-state index is 11.7. The van der Waals surface area contributed by atoms with Crippen LogP contribution < -0.4 is 5.32 Å². The van der Waals surface area contributed by atoms with Crippen molar-refractivity contribution in [1.29, 1.82) is 0 Å². The van der Waals surface area contributed by atoms with E-state index in [0.717, 1.165) is 0 Å². The second-order valence-corrected chi connectivity index (χ2v) is 5.95. The zero-order chi connectivity index (χ0) is 17.5. The van der Waals surface area contributed by atoms with E-state index in [9.17, 15) is 9.59 Å². The number of halogens is 3. The number of amides is 1. The number of nitrogens with one attached hydrogen (secondary N) is 1. The molecular weight excluding hydrogens is 373 g/mol. The summed E-state index contributed by atoms with van der Waals surface area (Å²) < 4.78 is 4.85. The number of esters is 1. The molecule has 0 spiro atoms. The molecule has 1 N–H and O–H groups in total. The Morgan fingerprint density at radius 3 is 2.50 bits per heavy atom. The molecule has 0 heterocycles. The number of carbonyl (C=O) groups excluding carboxylic acids is 2. The second kappa shape index (κ2) is 8.73. The molecule has 2 aromatic carbocycles. The highest BCUT2D eigenvalue weighted by molar-refractivity contribution is 6.35. The fraction of sp³-hybridized carbons (Fsp3) is 0.0588. The third-order valence-electron chi connectivity index (χ3n) is 2.82. The fourth-order valence-corrected chi connectivity index (χ4v) is 2.40. The Bertz CT molecular complexity index is 790. The first-order chi connectivity index (χ1) is 11.4. The van der Waals surface area contributed by atoms with Gasteiger partial charge in [-0.05, 0) is 42.0 Å². The summed E-state index contributed by atoms with van der Waals surface area (Å²) in [5.41, 5.74) is 1.13. The van der Waals surface area contributed by atoms with Crippen molar-refractivity contribution in [2.75, 3.05) is 11.9 Å².